The van der Waals surface area contributed by atoms with Crippen molar-refractivity contribution >= 4 is 29.9 Å². The van der Waals surface area contributed by atoms with Crippen LogP contribution in [0.4, 0.5) is 0 Å². The number of nitrogens with zero attached hydrogens (tertiary/aromatic N) is 2. The van der Waals surface area contributed by atoms with Gasteiger partial charge in [-0.2, -0.15) is 0 Å². The number of aliphatic hydroxyl groups is 1. The van der Waals surface area contributed by atoms with Gasteiger partial charge in [0.2, 0.25) is 0 Å². The SMILES string of the molecule is CCNC(=NCCC1CC1)N1CCC(O)CC1.I. The highest BCUT2D eigenvalue weighted by Gasteiger charge is 2.22. The van der Waals surface area contributed by atoms with Gasteiger partial charge in [-0.15, -0.1) is 24.0 Å². The van der Waals surface area contributed by atoms with Gasteiger partial charge in [-0.3, -0.25) is 4.99 Å². The van der Waals surface area contributed by atoms with Crippen molar-refractivity contribution in [1.29, 1.82) is 0 Å². The lowest BCUT2D eigenvalue weighted by atomic mass is 10.1. The maximum atomic E-state index is 9.51. The molecule has 2 aliphatic rings. The van der Waals surface area contributed by atoms with Gasteiger partial charge in [-0.25, -0.2) is 0 Å². The maximum Gasteiger partial charge on any atom is 0.193 e. The van der Waals surface area contributed by atoms with Gasteiger partial charge in [0.25, 0.3) is 0 Å². The van der Waals surface area contributed by atoms with Gasteiger partial charge in [0.15, 0.2) is 5.96 Å². The Kier molecular flexibility index (Phi) is 7.29. The van der Waals surface area contributed by atoms with Gasteiger partial charge in [0, 0.05) is 26.2 Å². The van der Waals surface area contributed by atoms with Crippen LogP contribution in [0.25, 0.3) is 0 Å². The number of likely N-dealkylation sites (tertiary alicyclic amines) is 1. The van der Waals surface area contributed by atoms with E-state index < -0.39 is 0 Å². The molecule has 1 heterocycles. The van der Waals surface area contributed by atoms with Crippen LogP contribution in [0, 0.1) is 5.92 Å². The number of guanidine groups is 1. The molecule has 1 aliphatic heterocycles. The van der Waals surface area contributed by atoms with Crippen molar-refractivity contribution in [3.05, 3.63) is 0 Å². The Balaban J connectivity index is 0.00000162. The fourth-order valence-corrected chi connectivity index (χ4v) is 2.26. The number of halogens is 1. The molecule has 106 valence electrons. The average molecular weight is 367 g/mol. The quantitative estimate of drug-likeness (QED) is 0.453. The molecule has 0 unspecified atom stereocenters. The first-order chi connectivity index (χ1) is 8.29. The van der Waals surface area contributed by atoms with Crippen LogP contribution in [0.1, 0.15) is 39.0 Å². The summed E-state index contributed by atoms with van der Waals surface area (Å²) in [5, 5.41) is 12.9. The average Bonchev–Trinajstić information content (AvgIpc) is 3.13. The minimum Gasteiger partial charge on any atom is -0.393 e. The Morgan fingerprint density at radius 1 is 1.28 bits per heavy atom. The van der Waals surface area contributed by atoms with Crippen LogP contribution in [0.3, 0.4) is 0 Å². The summed E-state index contributed by atoms with van der Waals surface area (Å²) in [6.45, 7) is 5.83. The van der Waals surface area contributed by atoms with Crippen molar-refractivity contribution in [1.82, 2.24) is 10.2 Å². The molecule has 2 fully saturated rings. The van der Waals surface area contributed by atoms with Crippen molar-refractivity contribution in [3.63, 3.8) is 0 Å². The number of hydrogen-bond donors (Lipinski definition) is 2. The Labute approximate surface area is 127 Å². The number of hydrogen-bond acceptors (Lipinski definition) is 2. The Morgan fingerprint density at radius 2 is 1.94 bits per heavy atom. The van der Waals surface area contributed by atoms with E-state index in [1.165, 1.54) is 19.3 Å². The zero-order chi connectivity index (χ0) is 12.1. The summed E-state index contributed by atoms with van der Waals surface area (Å²) in [7, 11) is 0. The molecular weight excluding hydrogens is 341 g/mol. The summed E-state index contributed by atoms with van der Waals surface area (Å²) in [5.74, 6) is 1.99. The van der Waals surface area contributed by atoms with E-state index in [0.29, 0.717) is 0 Å². The fraction of sp³-hybridized carbons (Fsp3) is 0.923. The van der Waals surface area contributed by atoms with Crippen LogP contribution >= 0.6 is 24.0 Å². The molecule has 0 radical (unpaired) electrons. The Morgan fingerprint density at radius 3 is 2.50 bits per heavy atom. The van der Waals surface area contributed by atoms with E-state index in [1.807, 2.05) is 0 Å². The van der Waals surface area contributed by atoms with Crippen LogP contribution < -0.4 is 5.32 Å². The number of nitrogens with one attached hydrogen (secondary N) is 1. The number of rotatable bonds is 4. The largest absolute Gasteiger partial charge is 0.393 e. The first kappa shape index (κ1) is 16.0. The van der Waals surface area contributed by atoms with E-state index in [0.717, 1.165) is 50.9 Å². The van der Waals surface area contributed by atoms with E-state index in [2.05, 4.69) is 17.1 Å². The molecule has 0 aromatic rings. The van der Waals surface area contributed by atoms with Gasteiger partial charge < -0.3 is 15.3 Å². The molecule has 2 N–H and O–H groups in total. The smallest absolute Gasteiger partial charge is 0.193 e. The lowest BCUT2D eigenvalue weighted by Gasteiger charge is -2.32. The van der Waals surface area contributed by atoms with Crippen LogP contribution in [0.15, 0.2) is 4.99 Å². The summed E-state index contributed by atoms with van der Waals surface area (Å²) in [6.07, 6.45) is 5.68. The molecule has 0 aromatic heterocycles. The van der Waals surface area contributed by atoms with E-state index in [1.54, 1.807) is 0 Å². The second-order valence-corrected chi connectivity index (χ2v) is 5.19. The summed E-state index contributed by atoms with van der Waals surface area (Å²) in [4.78, 5) is 6.97. The lowest BCUT2D eigenvalue weighted by molar-refractivity contribution is 0.108. The van der Waals surface area contributed by atoms with Crippen molar-refractivity contribution in [2.24, 2.45) is 10.9 Å². The zero-order valence-corrected chi connectivity index (χ0v) is 13.6. The highest BCUT2D eigenvalue weighted by Crippen LogP contribution is 2.32. The molecule has 5 heteroatoms. The van der Waals surface area contributed by atoms with Crippen molar-refractivity contribution < 1.29 is 5.11 Å². The second-order valence-electron chi connectivity index (χ2n) is 5.19. The molecule has 1 saturated carbocycles. The Bertz CT molecular complexity index is 261. The highest BCUT2D eigenvalue weighted by molar-refractivity contribution is 14.0. The second kappa shape index (κ2) is 8.19. The summed E-state index contributed by atoms with van der Waals surface area (Å²) in [5.41, 5.74) is 0. The van der Waals surface area contributed by atoms with Gasteiger partial charge in [-0.05, 0) is 32.1 Å². The molecule has 2 rings (SSSR count). The van der Waals surface area contributed by atoms with E-state index in [4.69, 9.17) is 4.99 Å². The molecule has 0 atom stereocenters. The lowest BCUT2D eigenvalue weighted by Crippen LogP contribution is -2.46. The molecule has 0 spiro atoms. The summed E-state index contributed by atoms with van der Waals surface area (Å²) < 4.78 is 0. The van der Waals surface area contributed by atoms with Gasteiger partial charge >= 0.3 is 0 Å². The Hall–Kier alpha value is -0.0400. The van der Waals surface area contributed by atoms with E-state index in [-0.39, 0.29) is 30.1 Å². The number of aliphatic hydroxyl groups excluding tert-OH is 1. The van der Waals surface area contributed by atoms with Crippen LogP contribution in [-0.4, -0.2) is 48.2 Å². The minimum atomic E-state index is -0.111. The molecule has 1 saturated heterocycles. The third-order valence-electron chi connectivity index (χ3n) is 3.59. The molecule has 0 bridgehead atoms. The normalized spacial score (nSPS) is 21.7. The first-order valence-electron chi connectivity index (χ1n) is 7.01. The third kappa shape index (κ3) is 5.30. The third-order valence-corrected chi connectivity index (χ3v) is 3.59. The predicted octanol–water partition coefficient (Wildman–Crippen LogP) is 1.83. The van der Waals surface area contributed by atoms with Gasteiger partial charge in [0.05, 0.1) is 6.10 Å². The topological polar surface area (TPSA) is 47.9 Å². The van der Waals surface area contributed by atoms with E-state index >= 15 is 0 Å². The molecular formula is C13H26IN3O. The minimum absolute atomic E-state index is 0. The monoisotopic (exact) mass is 367 g/mol. The summed E-state index contributed by atoms with van der Waals surface area (Å²) >= 11 is 0. The first-order valence-corrected chi connectivity index (χ1v) is 7.01. The number of aliphatic imine (C=N–C) groups is 1. The van der Waals surface area contributed by atoms with Crippen LogP contribution in [0.2, 0.25) is 0 Å². The van der Waals surface area contributed by atoms with Gasteiger partial charge in [-0.1, -0.05) is 12.8 Å². The predicted molar refractivity (Wildman–Crippen MR) is 85.5 cm³/mol. The fourth-order valence-electron chi connectivity index (χ4n) is 2.26. The molecule has 18 heavy (non-hydrogen) atoms. The van der Waals surface area contributed by atoms with E-state index in [9.17, 15) is 5.11 Å². The standard InChI is InChI=1S/C13H25N3O.HI/c1-2-14-13(15-8-5-11-3-4-11)16-9-6-12(17)7-10-16;/h11-12,17H,2-10H2,1H3,(H,14,15);1H. The maximum absolute atomic E-state index is 9.51. The summed E-state index contributed by atoms with van der Waals surface area (Å²) in [6, 6.07) is 0. The van der Waals surface area contributed by atoms with Crippen molar-refractivity contribution in [2.75, 3.05) is 26.2 Å². The molecule has 0 amide bonds. The molecule has 0 aromatic carbocycles. The van der Waals surface area contributed by atoms with Crippen LogP contribution in [0.5, 0.6) is 0 Å². The molecule has 4 nitrogen and oxygen atoms in total. The zero-order valence-electron chi connectivity index (χ0n) is 11.3. The number of piperidine rings is 1. The van der Waals surface area contributed by atoms with Crippen molar-refractivity contribution in [2.45, 2.75) is 45.1 Å². The highest BCUT2D eigenvalue weighted by atomic mass is 127. The molecule has 1 aliphatic carbocycles. The van der Waals surface area contributed by atoms with Crippen LogP contribution in [-0.2, 0) is 0 Å². The van der Waals surface area contributed by atoms with Gasteiger partial charge in [0.1, 0.15) is 0 Å². The van der Waals surface area contributed by atoms with Crippen molar-refractivity contribution in [3.8, 4) is 0 Å².